The van der Waals surface area contributed by atoms with Crippen LogP contribution < -0.4 is 10.5 Å². The van der Waals surface area contributed by atoms with Crippen molar-refractivity contribution in [3.05, 3.63) is 27.3 Å². The van der Waals surface area contributed by atoms with Crippen LogP contribution in [0.1, 0.15) is 18.5 Å². The molecule has 0 aromatic heterocycles. The molecule has 0 aliphatic heterocycles. The van der Waals surface area contributed by atoms with Crippen molar-refractivity contribution in [3.8, 4) is 5.75 Å². The molecule has 3 N–H and O–H groups in total. The lowest BCUT2D eigenvalue weighted by Crippen LogP contribution is -2.23. The molecule has 0 amide bonds. The monoisotopic (exact) mass is 307 g/mol. The van der Waals surface area contributed by atoms with E-state index in [2.05, 4.69) is 22.6 Å². The van der Waals surface area contributed by atoms with Crippen LogP contribution in [-0.2, 0) is 0 Å². The molecule has 78 valence electrons. The molecular formula is C10H14INO2. The molecule has 4 heteroatoms. The van der Waals surface area contributed by atoms with Crippen LogP contribution in [0.5, 0.6) is 5.75 Å². The summed E-state index contributed by atoms with van der Waals surface area (Å²) in [5.74, 6) is 0.721. The van der Waals surface area contributed by atoms with Gasteiger partial charge in [-0.3, -0.25) is 0 Å². The van der Waals surface area contributed by atoms with Crippen molar-refractivity contribution >= 4 is 22.6 Å². The molecule has 0 bridgehead atoms. The maximum absolute atomic E-state index is 9.40. The van der Waals surface area contributed by atoms with Gasteiger partial charge < -0.3 is 15.6 Å². The highest BCUT2D eigenvalue weighted by molar-refractivity contribution is 14.1. The lowest BCUT2D eigenvalue weighted by atomic mass is 10.0. The Hall–Kier alpha value is -0.330. The molecule has 1 aromatic carbocycles. The molecule has 1 aromatic rings. The van der Waals surface area contributed by atoms with Crippen LogP contribution in [0.15, 0.2) is 18.2 Å². The minimum atomic E-state index is -0.581. The second kappa shape index (κ2) is 4.95. The molecule has 0 heterocycles. The molecule has 0 fully saturated rings. The van der Waals surface area contributed by atoms with E-state index in [0.29, 0.717) is 0 Å². The normalized spacial score (nSPS) is 14.9. The molecule has 0 saturated carbocycles. The van der Waals surface area contributed by atoms with E-state index in [4.69, 9.17) is 10.5 Å². The Labute approximate surface area is 97.4 Å². The number of hydrogen-bond acceptors (Lipinski definition) is 3. The third kappa shape index (κ3) is 2.59. The Kier molecular flexibility index (Phi) is 4.15. The van der Waals surface area contributed by atoms with Gasteiger partial charge in [-0.2, -0.15) is 0 Å². The maximum atomic E-state index is 9.40. The summed E-state index contributed by atoms with van der Waals surface area (Å²) in [7, 11) is 1.60. The number of methoxy groups -OCH3 is 1. The molecule has 1 rings (SSSR count). The fourth-order valence-corrected chi connectivity index (χ4v) is 1.74. The average molecular weight is 307 g/mol. The second-order valence-corrected chi connectivity index (χ2v) is 4.40. The van der Waals surface area contributed by atoms with Crippen molar-refractivity contribution in [2.45, 2.75) is 19.1 Å². The summed E-state index contributed by atoms with van der Waals surface area (Å²) in [5.41, 5.74) is 6.69. The number of aliphatic hydroxyl groups is 1. The number of halogens is 1. The third-order valence-corrected chi connectivity index (χ3v) is 2.74. The first kappa shape index (κ1) is 11.7. The summed E-state index contributed by atoms with van der Waals surface area (Å²) >= 11 is 2.20. The molecule has 0 aliphatic rings. The van der Waals surface area contributed by atoms with Gasteiger partial charge in [-0.25, -0.2) is 0 Å². The highest BCUT2D eigenvalue weighted by Crippen LogP contribution is 2.27. The van der Waals surface area contributed by atoms with E-state index in [0.717, 1.165) is 14.9 Å². The number of hydrogen-bond donors (Lipinski definition) is 2. The van der Waals surface area contributed by atoms with Gasteiger partial charge in [0.15, 0.2) is 0 Å². The molecule has 0 aliphatic carbocycles. The molecule has 3 nitrogen and oxygen atoms in total. The summed E-state index contributed by atoms with van der Waals surface area (Å²) < 4.78 is 6.26. The van der Waals surface area contributed by atoms with E-state index >= 15 is 0 Å². The van der Waals surface area contributed by atoms with E-state index in [9.17, 15) is 5.11 Å². The quantitative estimate of drug-likeness (QED) is 0.836. The number of benzene rings is 1. The highest BCUT2D eigenvalue weighted by Gasteiger charge is 2.16. The SMILES string of the molecule is COc1ccc(I)cc1[C@@H](N)[C@H](C)O. The average Bonchev–Trinajstić information content (AvgIpc) is 2.16. The van der Waals surface area contributed by atoms with Gasteiger partial charge >= 0.3 is 0 Å². The van der Waals surface area contributed by atoms with Crippen LogP contribution in [-0.4, -0.2) is 18.3 Å². The number of aliphatic hydroxyl groups excluding tert-OH is 1. The van der Waals surface area contributed by atoms with Crippen LogP contribution in [0, 0.1) is 3.57 Å². The predicted octanol–water partition coefficient (Wildman–Crippen LogP) is 1.68. The van der Waals surface area contributed by atoms with Crippen molar-refractivity contribution in [2.24, 2.45) is 5.73 Å². The van der Waals surface area contributed by atoms with Crippen molar-refractivity contribution in [1.82, 2.24) is 0 Å². The summed E-state index contributed by atoms with van der Waals surface area (Å²) in [5, 5.41) is 9.40. The zero-order valence-electron chi connectivity index (χ0n) is 8.20. The summed E-state index contributed by atoms with van der Waals surface area (Å²) in [6.45, 7) is 1.67. The first-order valence-electron chi connectivity index (χ1n) is 4.33. The van der Waals surface area contributed by atoms with Gasteiger partial charge in [0.2, 0.25) is 0 Å². The molecule has 2 atom stereocenters. The number of rotatable bonds is 3. The van der Waals surface area contributed by atoms with Crippen LogP contribution in [0.25, 0.3) is 0 Å². The Bertz CT molecular complexity index is 315. The summed E-state index contributed by atoms with van der Waals surface area (Å²) in [6, 6.07) is 5.33. The van der Waals surface area contributed by atoms with E-state index in [1.54, 1.807) is 14.0 Å². The van der Waals surface area contributed by atoms with Crippen molar-refractivity contribution in [2.75, 3.05) is 7.11 Å². The first-order chi connectivity index (χ1) is 6.56. The Morgan fingerprint density at radius 2 is 2.14 bits per heavy atom. The lowest BCUT2D eigenvalue weighted by molar-refractivity contribution is 0.162. The van der Waals surface area contributed by atoms with Crippen LogP contribution in [0.4, 0.5) is 0 Å². The predicted molar refractivity (Wildman–Crippen MR) is 64.3 cm³/mol. The van der Waals surface area contributed by atoms with Crippen LogP contribution >= 0.6 is 22.6 Å². The van der Waals surface area contributed by atoms with Gasteiger partial charge in [0.1, 0.15) is 5.75 Å². The van der Waals surface area contributed by atoms with E-state index in [-0.39, 0.29) is 0 Å². The zero-order valence-corrected chi connectivity index (χ0v) is 10.4. The second-order valence-electron chi connectivity index (χ2n) is 3.15. The summed E-state index contributed by atoms with van der Waals surface area (Å²) in [4.78, 5) is 0. The minimum absolute atomic E-state index is 0.403. The highest BCUT2D eigenvalue weighted by atomic mass is 127. The molecule has 0 spiro atoms. The van der Waals surface area contributed by atoms with E-state index in [1.165, 1.54) is 0 Å². The largest absolute Gasteiger partial charge is 0.496 e. The Morgan fingerprint density at radius 3 is 2.64 bits per heavy atom. The molecular weight excluding hydrogens is 293 g/mol. The van der Waals surface area contributed by atoms with Gasteiger partial charge in [-0.05, 0) is 47.7 Å². The first-order valence-corrected chi connectivity index (χ1v) is 5.41. The fourth-order valence-electron chi connectivity index (χ4n) is 1.23. The fraction of sp³-hybridized carbons (Fsp3) is 0.400. The maximum Gasteiger partial charge on any atom is 0.123 e. The standard InChI is InChI=1S/C10H14INO2/c1-6(13)10(12)8-5-7(11)3-4-9(8)14-2/h3-6,10,13H,12H2,1-2H3/t6-,10-/m0/s1. The van der Waals surface area contributed by atoms with Crippen molar-refractivity contribution in [1.29, 1.82) is 0 Å². The van der Waals surface area contributed by atoms with E-state index < -0.39 is 12.1 Å². The molecule has 0 radical (unpaired) electrons. The molecule has 0 unspecified atom stereocenters. The van der Waals surface area contributed by atoms with Crippen LogP contribution in [0.3, 0.4) is 0 Å². The Morgan fingerprint density at radius 1 is 1.50 bits per heavy atom. The topological polar surface area (TPSA) is 55.5 Å². The third-order valence-electron chi connectivity index (χ3n) is 2.07. The van der Waals surface area contributed by atoms with E-state index in [1.807, 2.05) is 18.2 Å². The number of nitrogens with two attached hydrogens (primary N) is 1. The van der Waals surface area contributed by atoms with Gasteiger partial charge in [-0.15, -0.1) is 0 Å². The zero-order chi connectivity index (χ0) is 10.7. The lowest BCUT2D eigenvalue weighted by Gasteiger charge is -2.18. The van der Waals surface area contributed by atoms with Gasteiger partial charge in [0.05, 0.1) is 19.3 Å². The van der Waals surface area contributed by atoms with Gasteiger partial charge in [0, 0.05) is 9.13 Å². The van der Waals surface area contributed by atoms with Crippen LogP contribution in [0.2, 0.25) is 0 Å². The van der Waals surface area contributed by atoms with Crippen molar-refractivity contribution < 1.29 is 9.84 Å². The molecule has 14 heavy (non-hydrogen) atoms. The molecule has 0 saturated heterocycles. The van der Waals surface area contributed by atoms with Gasteiger partial charge in [-0.1, -0.05) is 0 Å². The minimum Gasteiger partial charge on any atom is -0.496 e. The Balaban J connectivity index is 3.10. The summed E-state index contributed by atoms with van der Waals surface area (Å²) in [6.07, 6.45) is -0.581. The van der Waals surface area contributed by atoms with Crippen molar-refractivity contribution in [3.63, 3.8) is 0 Å². The smallest absolute Gasteiger partial charge is 0.123 e. The van der Waals surface area contributed by atoms with Gasteiger partial charge in [0.25, 0.3) is 0 Å². The number of ether oxygens (including phenoxy) is 1.